The minimum absolute atomic E-state index is 0.109. The maximum atomic E-state index is 12.2. The smallest absolute Gasteiger partial charge is 0.234 e. The number of nitrogens with zero attached hydrogens (tertiary/aromatic N) is 3. The van der Waals surface area contributed by atoms with Crippen LogP contribution in [-0.4, -0.2) is 32.4 Å². The van der Waals surface area contributed by atoms with Crippen LogP contribution in [0.5, 0.6) is 0 Å². The van der Waals surface area contributed by atoms with Crippen molar-refractivity contribution in [3.63, 3.8) is 0 Å². The predicted molar refractivity (Wildman–Crippen MR) is 111 cm³/mol. The Hall–Kier alpha value is -3.04. The highest BCUT2D eigenvalue weighted by Crippen LogP contribution is 2.24. The number of carbonyl (C=O) groups excluding carboxylic acids is 2. The first-order chi connectivity index (χ1) is 13.4. The van der Waals surface area contributed by atoms with E-state index in [0.29, 0.717) is 27.4 Å². The van der Waals surface area contributed by atoms with Crippen molar-refractivity contribution in [1.29, 1.82) is 0 Å². The summed E-state index contributed by atoms with van der Waals surface area (Å²) in [5.41, 5.74) is 2.01. The molecule has 144 valence electrons. The van der Waals surface area contributed by atoms with E-state index in [1.807, 2.05) is 6.07 Å². The lowest BCUT2D eigenvalue weighted by molar-refractivity contribution is -0.114. The number of nitrogens with one attached hydrogen (secondary N) is 2. The average molecular weight is 417 g/mol. The summed E-state index contributed by atoms with van der Waals surface area (Å²) in [7, 11) is 0. The van der Waals surface area contributed by atoms with Crippen LogP contribution in [0, 0.1) is 0 Å². The van der Waals surface area contributed by atoms with E-state index in [1.165, 1.54) is 23.4 Å². The van der Waals surface area contributed by atoms with E-state index in [1.54, 1.807) is 42.5 Å². The molecule has 28 heavy (non-hydrogen) atoms. The average Bonchev–Trinajstić information content (AvgIpc) is 3.02. The number of nitrogens with two attached hydrogens (primary N) is 1. The molecule has 0 atom stereocenters. The molecule has 8 nitrogen and oxygen atoms in total. The van der Waals surface area contributed by atoms with Gasteiger partial charge >= 0.3 is 0 Å². The second-order valence-electron chi connectivity index (χ2n) is 5.78. The third-order valence-corrected chi connectivity index (χ3v) is 4.75. The first kappa shape index (κ1) is 19.7. The quantitative estimate of drug-likeness (QED) is 0.420. The molecule has 10 heteroatoms. The van der Waals surface area contributed by atoms with Crippen molar-refractivity contribution in [2.24, 2.45) is 0 Å². The van der Waals surface area contributed by atoms with E-state index in [-0.39, 0.29) is 17.6 Å². The van der Waals surface area contributed by atoms with Gasteiger partial charge in [-0.05, 0) is 36.4 Å². The van der Waals surface area contributed by atoms with Crippen LogP contribution in [-0.2, 0) is 9.59 Å². The Balaban J connectivity index is 1.58. The van der Waals surface area contributed by atoms with Crippen LogP contribution in [0.3, 0.4) is 0 Å². The van der Waals surface area contributed by atoms with E-state index in [9.17, 15) is 9.59 Å². The maximum Gasteiger partial charge on any atom is 0.234 e. The van der Waals surface area contributed by atoms with Crippen LogP contribution < -0.4 is 16.5 Å². The first-order valence-electron chi connectivity index (χ1n) is 8.19. The van der Waals surface area contributed by atoms with Crippen LogP contribution in [0.15, 0.2) is 53.7 Å². The maximum absolute atomic E-state index is 12.2. The van der Waals surface area contributed by atoms with Crippen molar-refractivity contribution in [1.82, 2.24) is 14.9 Å². The number of amides is 2. The summed E-state index contributed by atoms with van der Waals surface area (Å²) < 4.78 is 1.33. The van der Waals surface area contributed by atoms with Gasteiger partial charge in [0.2, 0.25) is 17.0 Å². The lowest BCUT2D eigenvalue weighted by Crippen LogP contribution is -2.16. The third kappa shape index (κ3) is 5.02. The molecule has 1 heterocycles. The normalized spacial score (nSPS) is 10.5. The molecule has 1 aromatic heterocycles. The molecular weight excluding hydrogens is 400 g/mol. The summed E-state index contributed by atoms with van der Waals surface area (Å²) in [5, 5.41) is 14.5. The number of benzene rings is 2. The van der Waals surface area contributed by atoms with Gasteiger partial charge in [-0.25, -0.2) is 4.68 Å². The zero-order valence-electron chi connectivity index (χ0n) is 14.8. The Morgan fingerprint density at radius 2 is 1.79 bits per heavy atom. The molecule has 0 unspecified atom stereocenters. The number of halogens is 1. The van der Waals surface area contributed by atoms with Crippen molar-refractivity contribution in [3.8, 4) is 11.4 Å². The number of anilines is 2. The number of hydrogen-bond acceptors (Lipinski definition) is 6. The summed E-state index contributed by atoms with van der Waals surface area (Å²) in [6.07, 6.45) is 0. The topological polar surface area (TPSA) is 115 Å². The highest BCUT2D eigenvalue weighted by Gasteiger charge is 2.14. The molecule has 0 aliphatic carbocycles. The van der Waals surface area contributed by atoms with Crippen molar-refractivity contribution >= 4 is 46.6 Å². The van der Waals surface area contributed by atoms with Gasteiger partial charge < -0.3 is 16.5 Å². The van der Waals surface area contributed by atoms with Crippen molar-refractivity contribution in [2.75, 3.05) is 22.2 Å². The van der Waals surface area contributed by atoms with Gasteiger partial charge in [0.1, 0.15) is 0 Å². The summed E-state index contributed by atoms with van der Waals surface area (Å²) in [4.78, 5) is 23.2. The van der Waals surface area contributed by atoms with Crippen LogP contribution in [0.25, 0.3) is 11.4 Å². The molecule has 3 rings (SSSR count). The summed E-state index contributed by atoms with van der Waals surface area (Å²) in [6.45, 7) is 1.43. The Morgan fingerprint density at radius 3 is 2.43 bits per heavy atom. The standard InChI is InChI=1S/C18H17ClN6O2S/c1-11(26)21-14-5-7-15(8-6-14)22-16(27)10-28-18-24-23-17(25(18)20)12-3-2-4-13(19)9-12/h2-9H,10,20H2,1H3,(H,21,26)(H,22,27). The predicted octanol–water partition coefficient (Wildman–Crippen LogP) is 3.00. The van der Waals surface area contributed by atoms with Crippen molar-refractivity contribution in [2.45, 2.75) is 12.1 Å². The van der Waals surface area contributed by atoms with E-state index >= 15 is 0 Å². The Kier molecular flexibility index (Phi) is 6.17. The largest absolute Gasteiger partial charge is 0.335 e. The van der Waals surface area contributed by atoms with Gasteiger partial charge in [0.15, 0.2) is 5.82 Å². The van der Waals surface area contributed by atoms with E-state index in [2.05, 4.69) is 20.8 Å². The SMILES string of the molecule is CC(=O)Nc1ccc(NC(=O)CSc2nnc(-c3cccc(Cl)c3)n2N)cc1. The molecule has 0 radical (unpaired) electrons. The molecular formula is C18H17ClN6O2S. The number of nitrogen functional groups attached to an aromatic ring is 1. The lowest BCUT2D eigenvalue weighted by atomic mass is 10.2. The van der Waals surface area contributed by atoms with Gasteiger partial charge in [0.25, 0.3) is 0 Å². The Labute approximate surface area is 170 Å². The van der Waals surface area contributed by atoms with Crippen LogP contribution >= 0.6 is 23.4 Å². The highest BCUT2D eigenvalue weighted by molar-refractivity contribution is 7.99. The van der Waals surface area contributed by atoms with Gasteiger partial charge in [0.05, 0.1) is 5.75 Å². The molecule has 0 saturated carbocycles. The van der Waals surface area contributed by atoms with Crippen molar-refractivity contribution < 1.29 is 9.59 Å². The molecule has 0 spiro atoms. The number of carbonyl (C=O) groups is 2. The van der Waals surface area contributed by atoms with Gasteiger partial charge in [-0.1, -0.05) is 35.5 Å². The Bertz CT molecular complexity index is 1010. The van der Waals surface area contributed by atoms with E-state index in [0.717, 1.165) is 5.56 Å². The van der Waals surface area contributed by atoms with Gasteiger partial charge in [-0.2, -0.15) is 0 Å². The summed E-state index contributed by atoms with van der Waals surface area (Å²) in [6, 6.07) is 13.9. The monoisotopic (exact) mass is 416 g/mol. The second-order valence-corrected chi connectivity index (χ2v) is 7.16. The fourth-order valence-corrected chi connectivity index (χ4v) is 3.21. The number of thioether (sulfide) groups is 1. The zero-order chi connectivity index (χ0) is 20.1. The van der Waals surface area contributed by atoms with Crippen molar-refractivity contribution in [3.05, 3.63) is 53.6 Å². The fraction of sp³-hybridized carbons (Fsp3) is 0.111. The molecule has 2 aromatic carbocycles. The zero-order valence-corrected chi connectivity index (χ0v) is 16.4. The van der Waals surface area contributed by atoms with Gasteiger partial charge in [-0.15, -0.1) is 10.2 Å². The van der Waals surface area contributed by atoms with Crippen LogP contribution in [0.1, 0.15) is 6.92 Å². The molecule has 4 N–H and O–H groups in total. The molecule has 3 aromatic rings. The fourth-order valence-electron chi connectivity index (χ4n) is 2.37. The van der Waals surface area contributed by atoms with Gasteiger partial charge in [-0.3, -0.25) is 9.59 Å². The number of rotatable bonds is 6. The Morgan fingerprint density at radius 1 is 1.11 bits per heavy atom. The third-order valence-electron chi connectivity index (χ3n) is 3.57. The van der Waals surface area contributed by atoms with Gasteiger partial charge in [0, 0.05) is 28.9 Å². The van der Waals surface area contributed by atoms with Crippen LogP contribution in [0.2, 0.25) is 5.02 Å². The summed E-state index contributed by atoms with van der Waals surface area (Å²) >= 11 is 7.16. The first-order valence-corrected chi connectivity index (χ1v) is 9.55. The molecule has 2 amide bonds. The highest BCUT2D eigenvalue weighted by atomic mass is 35.5. The molecule has 0 bridgehead atoms. The minimum atomic E-state index is -0.218. The molecule has 0 aliphatic heterocycles. The lowest BCUT2D eigenvalue weighted by Gasteiger charge is -2.07. The molecule has 0 aliphatic rings. The minimum Gasteiger partial charge on any atom is -0.335 e. The van der Waals surface area contributed by atoms with E-state index < -0.39 is 0 Å². The van der Waals surface area contributed by atoms with E-state index in [4.69, 9.17) is 17.4 Å². The molecule has 0 fully saturated rings. The van der Waals surface area contributed by atoms with Crippen LogP contribution in [0.4, 0.5) is 11.4 Å². The second kappa shape index (κ2) is 8.77. The number of hydrogen-bond donors (Lipinski definition) is 3. The number of aromatic nitrogens is 3. The summed E-state index contributed by atoms with van der Waals surface area (Å²) in [5.74, 6) is 6.23. The molecule has 0 saturated heterocycles.